The second kappa shape index (κ2) is 9.25. The van der Waals surface area contributed by atoms with Gasteiger partial charge >= 0.3 is 0 Å². The standard InChI is InChI=1S/C22H28N2/c1-19(2)22(18-23,21-12-7-4-8-13-21)15-9-16-24-17-14-20-10-5-3-6-11-20/h3-8,10-13,19,24H,9,14-17H2,1-2H3/t22-/m1/s1. The van der Waals surface area contributed by atoms with Crippen LogP contribution in [0.1, 0.15) is 37.8 Å². The Hall–Kier alpha value is -2.11. The smallest absolute Gasteiger partial charge is 0.0845 e. The molecule has 0 bridgehead atoms. The quantitative estimate of drug-likeness (QED) is 0.679. The number of hydrogen-bond acceptors (Lipinski definition) is 2. The molecule has 24 heavy (non-hydrogen) atoms. The van der Waals surface area contributed by atoms with Gasteiger partial charge in [0.05, 0.1) is 11.5 Å². The van der Waals surface area contributed by atoms with Crippen molar-refractivity contribution in [3.63, 3.8) is 0 Å². The number of nitriles is 1. The number of rotatable bonds is 9. The van der Waals surface area contributed by atoms with E-state index in [4.69, 9.17) is 0 Å². The van der Waals surface area contributed by atoms with Gasteiger partial charge in [-0.25, -0.2) is 0 Å². The molecule has 0 saturated heterocycles. The zero-order valence-electron chi connectivity index (χ0n) is 14.8. The molecule has 0 spiro atoms. The third-order valence-corrected chi connectivity index (χ3v) is 4.83. The maximum Gasteiger partial charge on any atom is 0.0845 e. The molecule has 0 aliphatic rings. The molecule has 2 aromatic carbocycles. The van der Waals surface area contributed by atoms with Crippen LogP contribution < -0.4 is 5.32 Å². The van der Waals surface area contributed by atoms with Crippen LogP contribution in [0.3, 0.4) is 0 Å². The van der Waals surface area contributed by atoms with Gasteiger partial charge in [-0.2, -0.15) is 5.26 Å². The molecule has 0 aromatic heterocycles. The van der Waals surface area contributed by atoms with Gasteiger partial charge in [0.1, 0.15) is 0 Å². The molecule has 1 N–H and O–H groups in total. The van der Waals surface area contributed by atoms with Crippen LogP contribution in [-0.4, -0.2) is 13.1 Å². The fourth-order valence-corrected chi connectivity index (χ4v) is 3.25. The first-order chi connectivity index (χ1) is 11.7. The minimum Gasteiger partial charge on any atom is -0.316 e. The van der Waals surface area contributed by atoms with Crippen LogP contribution in [0.2, 0.25) is 0 Å². The Kier molecular flexibility index (Phi) is 7.03. The summed E-state index contributed by atoms with van der Waals surface area (Å²) in [5, 5.41) is 13.4. The highest BCUT2D eigenvalue weighted by Crippen LogP contribution is 2.36. The molecule has 0 aliphatic heterocycles. The van der Waals surface area contributed by atoms with Crippen LogP contribution in [-0.2, 0) is 11.8 Å². The fourth-order valence-electron chi connectivity index (χ4n) is 3.25. The monoisotopic (exact) mass is 320 g/mol. The predicted octanol–water partition coefficient (Wildman–Crippen LogP) is 4.72. The molecule has 126 valence electrons. The highest BCUT2D eigenvalue weighted by Gasteiger charge is 2.35. The lowest BCUT2D eigenvalue weighted by Crippen LogP contribution is -2.32. The van der Waals surface area contributed by atoms with E-state index in [1.54, 1.807) is 0 Å². The molecule has 2 heteroatoms. The highest BCUT2D eigenvalue weighted by atomic mass is 14.8. The first-order valence-corrected chi connectivity index (χ1v) is 8.90. The number of hydrogen-bond donors (Lipinski definition) is 1. The molecule has 0 amide bonds. The summed E-state index contributed by atoms with van der Waals surface area (Å²) in [6.45, 7) is 6.24. The maximum absolute atomic E-state index is 9.88. The van der Waals surface area contributed by atoms with E-state index in [-0.39, 0.29) is 5.41 Å². The summed E-state index contributed by atoms with van der Waals surface area (Å²) in [7, 11) is 0. The molecule has 2 aromatic rings. The van der Waals surface area contributed by atoms with Crippen LogP contribution in [0.15, 0.2) is 60.7 Å². The maximum atomic E-state index is 9.88. The van der Waals surface area contributed by atoms with Crippen LogP contribution >= 0.6 is 0 Å². The van der Waals surface area contributed by atoms with Crippen molar-refractivity contribution in [2.45, 2.75) is 38.5 Å². The summed E-state index contributed by atoms with van der Waals surface area (Å²) in [6, 6.07) is 23.4. The average molecular weight is 320 g/mol. The lowest BCUT2D eigenvalue weighted by molar-refractivity contribution is 0.356. The number of benzene rings is 2. The van der Waals surface area contributed by atoms with E-state index in [9.17, 15) is 5.26 Å². The van der Waals surface area contributed by atoms with Gasteiger partial charge in [0, 0.05) is 0 Å². The summed E-state index contributed by atoms with van der Waals surface area (Å²) in [5.74, 6) is 0.300. The second-order valence-corrected chi connectivity index (χ2v) is 6.69. The molecule has 0 aliphatic carbocycles. The zero-order valence-corrected chi connectivity index (χ0v) is 14.8. The Labute approximate surface area is 146 Å². The molecule has 0 unspecified atom stereocenters. The van der Waals surface area contributed by atoms with Crippen LogP contribution in [0, 0.1) is 17.2 Å². The van der Waals surface area contributed by atoms with E-state index >= 15 is 0 Å². The summed E-state index contributed by atoms with van der Waals surface area (Å²) in [6.07, 6.45) is 2.95. The molecule has 1 atom stereocenters. The van der Waals surface area contributed by atoms with Crippen molar-refractivity contribution in [3.05, 3.63) is 71.8 Å². The van der Waals surface area contributed by atoms with E-state index in [1.165, 1.54) is 5.56 Å². The molecule has 0 radical (unpaired) electrons. The molecule has 0 heterocycles. The lowest BCUT2D eigenvalue weighted by atomic mass is 9.70. The lowest BCUT2D eigenvalue weighted by Gasteiger charge is -2.31. The van der Waals surface area contributed by atoms with Crippen molar-refractivity contribution in [3.8, 4) is 6.07 Å². The van der Waals surface area contributed by atoms with Crippen molar-refractivity contribution < 1.29 is 0 Å². The van der Waals surface area contributed by atoms with E-state index in [1.807, 2.05) is 24.3 Å². The van der Waals surface area contributed by atoms with Crippen molar-refractivity contribution >= 4 is 0 Å². The SMILES string of the molecule is CC(C)[C@](C#N)(CCCNCCc1ccccc1)c1ccccc1. The second-order valence-electron chi connectivity index (χ2n) is 6.69. The van der Waals surface area contributed by atoms with Crippen LogP contribution in [0.25, 0.3) is 0 Å². The largest absolute Gasteiger partial charge is 0.316 e. The van der Waals surface area contributed by atoms with E-state index in [0.29, 0.717) is 5.92 Å². The molecule has 0 saturated carbocycles. The van der Waals surface area contributed by atoms with Gasteiger partial charge in [-0.15, -0.1) is 0 Å². The summed E-state index contributed by atoms with van der Waals surface area (Å²) >= 11 is 0. The molecule has 2 rings (SSSR count). The Morgan fingerprint density at radius 3 is 2.17 bits per heavy atom. The Morgan fingerprint density at radius 2 is 1.58 bits per heavy atom. The van der Waals surface area contributed by atoms with E-state index < -0.39 is 0 Å². The molecular formula is C22H28N2. The first-order valence-electron chi connectivity index (χ1n) is 8.90. The zero-order chi connectivity index (χ0) is 17.3. The fraction of sp³-hybridized carbons (Fsp3) is 0.409. The van der Waals surface area contributed by atoms with Gasteiger partial charge in [0.2, 0.25) is 0 Å². The van der Waals surface area contributed by atoms with Gasteiger partial charge in [0.15, 0.2) is 0 Å². The summed E-state index contributed by atoms with van der Waals surface area (Å²) in [5.41, 5.74) is 2.12. The van der Waals surface area contributed by atoms with Crippen molar-refractivity contribution in [2.75, 3.05) is 13.1 Å². The van der Waals surface area contributed by atoms with Gasteiger partial charge in [-0.05, 0) is 49.4 Å². The van der Waals surface area contributed by atoms with Gasteiger partial charge in [0.25, 0.3) is 0 Å². The highest BCUT2D eigenvalue weighted by molar-refractivity contribution is 5.33. The molecular weight excluding hydrogens is 292 g/mol. The predicted molar refractivity (Wildman–Crippen MR) is 101 cm³/mol. The minimum absolute atomic E-state index is 0.300. The molecule has 2 nitrogen and oxygen atoms in total. The Morgan fingerprint density at radius 1 is 0.958 bits per heavy atom. The Balaban J connectivity index is 1.83. The Bertz CT molecular complexity index is 628. The van der Waals surface area contributed by atoms with Crippen LogP contribution in [0.5, 0.6) is 0 Å². The van der Waals surface area contributed by atoms with Gasteiger partial charge in [-0.1, -0.05) is 74.5 Å². The van der Waals surface area contributed by atoms with Crippen molar-refractivity contribution in [1.29, 1.82) is 5.26 Å². The summed E-state index contributed by atoms with van der Waals surface area (Å²) in [4.78, 5) is 0. The first kappa shape index (κ1) is 18.2. The van der Waals surface area contributed by atoms with Crippen LogP contribution in [0.4, 0.5) is 0 Å². The minimum atomic E-state index is -0.387. The average Bonchev–Trinajstić information content (AvgIpc) is 2.63. The van der Waals surface area contributed by atoms with Gasteiger partial charge in [-0.3, -0.25) is 0 Å². The van der Waals surface area contributed by atoms with E-state index in [2.05, 4.69) is 61.6 Å². The van der Waals surface area contributed by atoms with Gasteiger partial charge < -0.3 is 5.32 Å². The number of nitrogens with one attached hydrogen (secondary N) is 1. The molecule has 0 fully saturated rings. The normalized spacial score (nSPS) is 13.4. The topological polar surface area (TPSA) is 35.8 Å². The van der Waals surface area contributed by atoms with Crippen molar-refractivity contribution in [1.82, 2.24) is 5.32 Å². The van der Waals surface area contributed by atoms with E-state index in [0.717, 1.165) is 37.9 Å². The number of nitrogens with zero attached hydrogens (tertiary/aromatic N) is 1. The third kappa shape index (κ3) is 4.69. The summed E-state index contributed by atoms with van der Waals surface area (Å²) < 4.78 is 0. The third-order valence-electron chi connectivity index (χ3n) is 4.83. The van der Waals surface area contributed by atoms with Crippen molar-refractivity contribution in [2.24, 2.45) is 5.92 Å².